The zero-order valence-electron chi connectivity index (χ0n) is 18.7. The smallest absolute Gasteiger partial charge is 0.141 e. The average Bonchev–Trinajstić information content (AvgIpc) is 3.39. The van der Waals surface area contributed by atoms with Crippen LogP contribution in [0.25, 0.3) is 33.1 Å². The van der Waals surface area contributed by atoms with Crippen molar-refractivity contribution in [3.63, 3.8) is 0 Å². The molecule has 1 aliphatic carbocycles. The van der Waals surface area contributed by atoms with E-state index in [0.717, 1.165) is 56.2 Å². The van der Waals surface area contributed by atoms with Gasteiger partial charge in [-0.25, -0.2) is 0 Å². The van der Waals surface area contributed by atoms with Crippen LogP contribution < -0.4 is 0 Å². The zero-order valence-corrected chi connectivity index (χ0v) is 18.7. The van der Waals surface area contributed by atoms with Gasteiger partial charge in [-0.05, 0) is 34.8 Å². The summed E-state index contributed by atoms with van der Waals surface area (Å²) in [7, 11) is 0. The van der Waals surface area contributed by atoms with E-state index >= 15 is 0 Å². The third kappa shape index (κ3) is 3.07. The molecule has 0 fully saturated rings. The van der Waals surface area contributed by atoms with Crippen LogP contribution in [0.15, 0.2) is 132 Å². The van der Waals surface area contributed by atoms with Crippen LogP contribution in [0.3, 0.4) is 0 Å². The molecule has 0 bridgehead atoms. The van der Waals surface area contributed by atoms with Gasteiger partial charge in [0, 0.05) is 21.9 Å². The van der Waals surface area contributed by atoms with Gasteiger partial charge in [-0.2, -0.15) is 0 Å². The summed E-state index contributed by atoms with van der Waals surface area (Å²) in [6.45, 7) is 4.24. The lowest BCUT2D eigenvalue weighted by molar-refractivity contribution is 0.130. The first-order valence-corrected chi connectivity index (χ1v) is 11.5. The van der Waals surface area contributed by atoms with Gasteiger partial charge >= 0.3 is 0 Å². The van der Waals surface area contributed by atoms with E-state index in [4.69, 9.17) is 4.42 Å². The highest BCUT2D eigenvalue weighted by Crippen LogP contribution is 2.50. The summed E-state index contributed by atoms with van der Waals surface area (Å²) in [5, 5.41) is 14.1. The number of aliphatic hydroxyl groups is 1. The minimum absolute atomic E-state index is 0.647. The van der Waals surface area contributed by atoms with E-state index in [0.29, 0.717) is 5.57 Å². The Labute approximate surface area is 198 Å². The van der Waals surface area contributed by atoms with Gasteiger partial charge in [-0.3, -0.25) is 0 Å². The Morgan fingerprint density at radius 2 is 1.41 bits per heavy atom. The highest BCUT2D eigenvalue weighted by atomic mass is 16.3. The molecule has 0 aliphatic heterocycles. The minimum atomic E-state index is -1.22. The SMILES string of the molecule is C=C(C=CC=CCc1cccc2c1oc1ccccc12)C1(O)c2ccccc2-c2ccccc21. The maximum atomic E-state index is 11.8. The molecule has 6 rings (SSSR count). The second-order valence-electron chi connectivity index (χ2n) is 8.71. The highest BCUT2D eigenvalue weighted by Gasteiger charge is 2.42. The minimum Gasteiger partial charge on any atom is -0.456 e. The molecule has 1 N–H and O–H groups in total. The number of furan rings is 1. The van der Waals surface area contributed by atoms with Gasteiger partial charge in [-0.1, -0.05) is 116 Å². The van der Waals surface area contributed by atoms with E-state index in [1.54, 1.807) is 0 Å². The molecule has 2 heteroatoms. The number of hydrogen-bond acceptors (Lipinski definition) is 2. The average molecular weight is 441 g/mol. The van der Waals surface area contributed by atoms with E-state index in [1.807, 2.05) is 72.8 Å². The predicted octanol–water partition coefficient (Wildman–Crippen LogP) is 7.71. The Morgan fingerprint density at radius 3 is 2.18 bits per heavy atom. The summed E-state index contributed by atoms with van der Waals surface area (Å²) in [5.41, 5.74) is 6.30. The van der Waals surface area contributed by atoms with E-state index in [1.165, 1.54) is 0 Å². The molecule has 34 heavy (non-hydrogen) atoms. The molecular weight excluding hydrogens is 416 g/mol. The zero-order chi connectivity index (χ0) is 23.1. The first-order valence-electron chi connectivity index (χ1n) is 11.5. The van der Waals surface area contributed by atoms with Crippen LogP contribution in [0.2, 0.25) is 0 Å². The van der Waals surface area contributed by atoms with E-state index in [2.05, 4.69) is 49.1 Å². The van der Waals surface area contributed by atoms with Gasteiger partial charge in [0.25, 0.3) is 0 Å². The standard InChI is InChI=1S/C32H24O2/c1-22(32(33)28-19-8-5-15-24(28)25-16-6-9-20-29(25)32)12-3-2-4-13-23-14-11-18-27-26-17-7-10-21-30(26)34-31(23)27/h2-12,14-21,33H,1,13H2. The Hall–Kier alpha value is -4.14. The van der Waals surface area contributed by atoms with Crippen molar-refractivity contribution in [3.8, 4) is 11.1 Å². The summed E-state index contributed by atoms with van der Waals surface area (Å²) in [4.78, 5) is 0. The van der Waals surface area contributed by atoms with Crippen LogP contribution in [0.1, 0.15) is 16.7 Å². The highest BCUT2D eigenvalue weighted by molar-refractivity contribution is 6.05. The van der Waals surface area contributed by atoms with Crippen molar-refractivity contribution in [2.24, 2.45) is 0 Å². The topological polar surface area (TPSA) is 33.4 Å². The van der Waals surface area contributed by atoms with Gasteiger partial charge in [0.2, 0.25) is 0 Å². The van der Waals surface area contributed by atoms with Crippen molar-refractivity contribution >= 4 is 21.9 Å². The summed E-state index contributed by atoms with van der Waals surface area (Å²) >= 11 is 0. The number of benzene rings is 4. The molecule has 1 aliphatic rings. The lowest BCUT2D eigenvalue weighted by atomic mass is 9.84. The van der Waals surface area contributed by atoms with Crippen molar-refractivity contribution in [3.05, 3.63) is 144 Å². The second kappa shape index (κ2) is 8.02. The lowest BCUT2D eigenvalue weighted by Gasteiger charge is -2.26. The van der Waals surface area contributed by atoms with Gasteiger partial charge < -0.3 is 9.52 Å². The van der Waals surface area contributed by atoms with Gasteiger partial charge in [-0.15, -0.1) is 0 Å². The Balaban J connectivity index is 1.25. The Morgan fingerprint density at radius 1 is 0.765 bits per heavy atom. The Kier molecular flexibility index (Phi) is 4.83. The third-order valence-electron chi connectivity index (χ3n) is 6.76. The molecule has 2 nitrogen and oxygen atoms in total. The Bertz CT molecular complexity index is 1570. The molecule has 0 saturated carbocycles. The van der Waals surface area contributed by atoms with Crippen molar-refractivity contribution in [1.82, 2.24) is 0 Å². The van der Waals surface area contributed by atoms with Crippen LogP contribution in [0.5, 0.6) is 0 Å². The van der Waals surface area contributed by atoms with E-state index in [-0.39, 0.29) is 0 Å². The summed E-state index contributed by atoms with van der Waals surface area (Å²) in [5.74, 6) is 0. The van der Waals surface area contributed by atoms with E-state index in [9.17, 15) is 5.11 Å². The molecule has 0 spiro atoms. The molecular formula is C32H24O2. The molecule has 0 atom stereocenters. The number of rotatable bonds is 5. The first-order chi connectivity index (χ1) is 16.7. The van der Waals surface area contributed by atoms with Crippen LogP contribution in [-0.2, 0) is 12.0 Å². The van der Waals surface area contributed by atoms with Crippen molar-refractivity contribution in [2.45, 2.75) is 12.0 Å². The normalized spacial score (nSPS) is 14.3. The number of hydrogen-bond donors (Lipinski definition) is 1. The molecule has 1 aromatic heterocycles. The van der Waals surface area contributed by atoms with E-state index < -0.39 is 5.60 Å². The fourth-order valence-corrected chi connectivity index (χ4v) is 5.09. The number of allylic oxidation sites excluding steroid dienone is 3. The number of para-hydroxylation sites is 2. The third-order valence-corrected chi connectivity index (χ3v) is 6.76. The maximum Gasteiger partial charge on any atom is 0.141 e. The number of fused-ring (bicyclic) bond motifs is 6. The van der Waals surface area contributed by atoms with Crippen LogP contribution in [0.4, 0.5) is 0 Å². The maximum absolute atomic E-state index is 11.8. The quantitative estimate of drug-likeness (QED) is 0.284. The molecule has 0 unspecified atom stereocenters. The summed E-state index contributed by atoms with van der Waals surface area (Å²) in [6.07, 6.45) is 8.71. The van der Waals surface area contributed by atoms with Crippen LogP contribution in [0, 0.1) is 0 Å². The predicted molar refractivity (Wildman–Crippen MR) is 140 cm³/mol. The summed E-state index contributed by atoms with van der Waals surface area (Å²) in [6, 6.07) is 30.4. The van der Waals surface area contributed by atoms with Gasteiger partial charge in [0.15, 0.2) is 0 Å². The van der Waals surface area contributed by atoms with Crippen LogP contribution in [-0.4, -0.2) is 5.11 Å². The first kappa shape index (κ1) is 20.5. The lowest BCUT2D eigenvalue weighted by Crippen LogP contribution is -2.25. The van der Waals surface area contributed by atoms with Gasteiger partial charge in [0.05, 0.1) is 0 Å². The van der Waals surface area contributed by atoms with Crippen molar-refractivity contribution in [2.75, 3.05) is 0 Å². The molecule has 5 aromatic rings. The van der Waals surface area contributed by atoms with Crippen molar-refractivity contribution in [1.29, 1.82) is 0 Å². The summed E-state index contributed by atoms with van der Waals surface area (Å²) < 4.78 is 6.13. The fourth-order valence-electron chi connectivity index (χ4n) is 5.09. The van der Waals surface area contributed by atoms with Crippen LogP contribution >= 0.6 is 0 Å². The molecule has 0 amide bonds. The van der Waals surface area contributed by atoms with Crippen molar-refractivity contribution < 1.29 is 9.52 Å². The molecule has 0 saturated heterocycles. The second-order valence-corrected chi connectivity index (χ2v) is 8.71. The monoisotopic (exact) mass is 440 g/mol. The van der Waals surface area contributed by atoms with Gasteiger partial charge in [0.1, 0.15) is 16.8 Å². The fraction of sp³-hybridized carbons (Fsp3) is 0.0625. The molecule has 1 heterocycles. The molecule has 164 valence electrons. The molecule has 4 aromatic carbocycles. The molecule has 0 radical (unpaired) electrons. The largest absolute Gasteiger partial charge is 0.456 e.